The molecule has 58 heavy (non-hydrogen) atoms. The molecule has 8 bridgehead atoms. The van der Waals surface area contributed by atoms with Crippen molar-refractivity contribution in [3.05, 3.63) is 194 Å². The summed E-state index contributed by atoms with van der Waals surface area (Å²) in [7, 11) is 0. The Morgan fingerprint density at radius 1 is 0.293 bits per heavy atom. The molecule has 0 spiro atoms. The van der Waals surface area contributed by atoms with Crippen LogP contribution in [0.4, 0.5) is 0 Å². The fourth-order valence-electron chi connectivity index (χ4n) is 9.20. The minimum Gasteiger partial charge on any atom is -0.354 e. The van der Waals surface area contributed by atoms with E-state index in [1.807, 2.05) is 0 Å². The van der Waals surface area contributed by atoms with Crippen LogP contribution in [0, 0.1) is 0 Å². The van der Waals surface area contributed by atoms with Gasteiger partial charge >= 0.3 is 0 Å². The van der Waals surface area contributed by atoms with E-state index in [1.54, 1.807) is 0 Å². The molecule has 0 saturated heterocycles. The Balaban J connectivity index is 1.41. The zero-order valence-electron chi connectivity index (χ0n) is 31.4. The summed E-state index contributed by atoms with van der Waals surface area (Å²) in [5, 5.41) is 4.50. The molecule has 4 nitrogen and oxygen atoms in total. The number of nitrogens with zero attached hydrogens (tertiary/aromatic N) is 2. The number of hydrogen-bond donors (Lipinski definition) is 2. The van der Waals surface area contributed by atoms with Gasteiger partial charge in [-0.3, -0.25) is 0 Å². The molecule has 2 aliphatic rings. The van der Waals surface area contributed by atoms with Crippen molar-refractivity contribution in [3.63, 3.8) is 0 Å². The van der Waals surface area contributed by atoms with Crippen LogP contribution in [0.15, 0.2) is 194 Å². The van der Waals surface area contributed by atoms with Crippen molar-refractivity contribution in [2.45, 2.75) is 0 Å². The van der Waals surface area contributed by atoms with Crippen LogP contribution in [-0.4, -0.2) is 19.9 Å². The van der Waals surface area contributed by atoms with Gasteiger partial charge in [-0.15, -0.1) is 0 Å². The average Bonchev–Trinajstić information content (AvgIpc) is 4.05. The fraction of sp³-hybridized carbons (Fsp3) is 0. The van der Waals surface area contributed by atoms with E-state index < -0.39 is 0 Å². The highest BCUT2D eigenvalue weighted by molar-refractivity contribution is 6.19. The van der Waals surface area contributed by atoms with Gasteiger partial charge in [0.25, 0.3) is 0 Å². The Morgan fingerprint density at radius 3 is 1.12 bits per heavy atom. The molecule has 0 radical (unpaired) electrons. The Morgan fingerprint density at radius 2 is 0.638 bits per heavy atom. The Bertz CT molecular complexity index is 3400. The zero-order chi connectivity index (χ0) is 38.2. The van der Waals surface area contributed by atoms with Gasteiger partial charge in [-0.05, 0) is 22.8 Å². The van der Waals surface area contributed by atoms with E-state index in [4.69, 9.17) is 9.97 Å². The van der Waals surface area contributed by atoms with Gasteiger partial charge in [0.1, 0.15) is 0 Å². The van der Waals surface area contributed by atoms with Crippen molar-refractivity contribution in [1.29, 1.82) is 0 Å². The van der Waals surface area contributed by atoms with Gasteiger partial charge in [0.2, 0.25) is 0 Å². The molecule has 4 heteroatoms. The molecule has 2 aliphatic heterocycles. The van der Waals surface area contributed by atoms with E-state index in [0.29, 0.717) is 0 Å². The van der Waals surface area contributed by atoms with Crippen LogP contribution < -0.4 is 0 Å². The van der Waals surface area contributed by atoms with E-state index in [9.17, 15) is 0 Å². The molecule has 0 fully saturated rings. The number of hydrogen-bond acceptors (Lipinski definition) is 2. The molecule has 0 aliphatic carbocycles. The van der Waals surface area contributed by atoms with Crippen LogP contribution in [0.5, 0.6) is 0 Å². The minimum atomic E-state index is 0.915. The second-order valence-electron chi connectivity index (χ2n) is 15.0. The van der Waals surface area contributed by atoms with Gasteiger partial charge in [0.15, 0.2) is 0 Å². The normalized spacial score (nSPS) is 11.8. The lowest BCUT2D eigenvalue weighted by atomic mass is 9.94. The molecule has 2 N–H and O–H groups in total. The van der Waals surface area contributed by atoms with Crippen molar-refractivity contribution in [1.82, 2.24) is 19.9 Å². The quantitative estimate of drug-likeness (QED) is 0.190. The number of H-pyrrole nitrogens is 2. The van der Waals surface area contributed by atoms with Gasteiger partial charge in [0, 0.05) is 66.0 Å². The third-order valence-electron chi connectivity index (χ3n) is 11.7. The van der Waals surface area contributed by atoms with Crippen LogP contribution in [0.2, 0.25) is 0 Å². The average molecular weight is 739 g/mol. The third kappa shape index (κ3) is 4.88. The number of nitrogens with one attached hydrogen (secondary N) is 2. The van der Waals surface area contributed by atoms with Crippen LogP contribution in [0.25, 0.3) is 122 Å². The molecular formula is C54H34N4. The van der Waals surface area contributed by atoms with Crippen molar-refractivity contribution < 1.29 is 0 Å². The molecule has 12 rings (SSSR count). The van der Waals surface area contributed by atoms with Gasteiger partial charge < -0.3 is 9.97 Å². The maximum Gasteiger partial charge on any atom is 0.0816 e. The van der Waals surface area contributed by atoms with Gasteiger partial charge in [-0.2, -0.15) is 0 Å². The minimum absolute atomic E-state index is 0.915. The van der Waals surface area contributed by atoms with Gasteiger partial charge in [-0.1, -0.05) is 188 Å². The van der Waals surface area contributed by atoms with Crippen LogP contribution in [0.3, 0.4) is 0 Å². The molecule has 3 aromatic heterocycles. The van der Waals surface area contributed by atoms with Crippen molar-refractivity contribution in [3.8, 4) is 78.4 Å². The second-order valence-corrected chi connectivity index (χ2v) is 15.0. The van der Waals surface area contributed by atoms with Crippen LogP contribution >= 0.6 is 0 Å². The molecule has 7 aromatic carbocycles. The Kier molecular flexibility index (Phi) is 7.20. The van der Waals surface area contributed by atoms with Crippen molar-refractivity contribution in [2.24, 2.45) is 0 Å². The fourth-order valence-corrected chi connectivity index (χ4v) is 9.20. The van der Waals surface area contributed by atoms with Crippen LogP contribution in [-0.2, 0) is 0 Å². The molecule has 270 valence electrons. The van der Waals surface area contributed by atoms with E-state index in [2.05, 4.69) is 204 Å². The highest BCUT2D eigenvalue weighted by atomic mass is 14.8. The number of aromatic amines is 2. The summed E-state index contributed by atoms with van der Waals surface area (Å²) in [4.78, 5) is 19.5. The Labute approximate surface area is 334 Å². The number of fused-ring (bicyclic) bond motifs is 20. The number of benzene rings is 7. The zero-order valence-corrected chi connectivity index (χ0v) is 31.4. The molecule has 5 heterocycles. The van der Waals surface area contributed by atoms with E-state index in [-0.39, 0.29) is 0 Å². The van der Waals surface area contributed by atoms with E-state index in [1.165, 1.54) is 0 Å². The third-order valence-corrected chi connectivity index (χ3v) is 11.7. The molecule has 10 aromatic rings. The summed E-state index contributed by atoms with van der Waals surface area (Å²) in [6.45, 7) is 0. The number of aromatic nitrogens is 4. The summed E-state index contributed by atoms with van der Waals surface area (Å²) in [5.74, 6) is 0. The molecule has 0 unspecified atom stereocenters. The predicted molar refractivity (Wildman–Crippen MR) is 241 cm³/mol. The summed E-state index contributed by atoms with van der Waals surface area (Å²) >= 11 is 0. The monoisotopic (exact) mass is 738 g/mol. The molecule has 0 saturated carbocycles. The first-order chi connectivity index (χ1) is 28.8. The lowest BCUT2D eigenvalue weighted by Gasteiger charge is -2.08. The molecular weight excluding hydrogens is 705 g/mol. The smallest absolute Gasteiger partial charge is 0.0816 e. The predicted octanol–water partition coefficient (Wildman–Crippen LogP) is 14.3. The topological polar surface area (TPSA) is 57.4 Å². The largest absolute Gasteiger partial charge is 0.354 e. The Hall–Kier alpha value is -7.82. The maximum atomic E-state index is 5.81. The molecule has 0 amide bonds. The molecule has 0 atom stereocenters. The number of rotatable bonds is 3. The summed E-state index contributed by atoms with van der Waals surface area (Å²) in [6.07, 6.45) is 0. The van der Waals surface area contributed by atoms with E-state index >= 15 is 0 Å². The summed E-state index contributed by atoms with van der Waals surface area (Å²) < 4.78 is 0. The lowest BCUT2D eigenvalue weighted by molar-refractivity contribution is 1.40. The van der Waals surface area contributed by atoms with Crippen molar-refractivity contribution >= 4 is 43.6 Å². The first kappa shape index (κ1) is 32.4. The highest BCUT2D eigenvalue weighted by Crippen LogP contribution is 2.49. The first-order valence-corrected chi connectivity index (χ1v) is 19.8. The SMILES string of the molecule is c1ccc(-c2c3nc(c(-c4ccccc4)c4[nH]c(c(-c5ccccc5)c5nc(cc6[nH]c2c2ccccc62)-c2ccccc2-5)c2ccccc42)-c2ccccc2-3)cc1. The van der Waals surface area contributed by atoms with Crippen molar-refractivity contribution in [2.75, 3.05) is 0 Å². The standard InChI is InChI=1S/C54H34N4/c1-4-18-33(19-5-1)46-49-38-26-12-10-24-36(38)44(55-49)32-45-37-25-11-13-27-39(37)50(56-45)47(34-20-6-2-7-21-34)52-41-29-15-17-31-43(41)54(58-52)48(35-22-8-3-9-23-35)53-42-30-16-14-28-40(42)51(46)57-53/h1-32,55,58H. The van der Waals surface area contributed by atoms with Gasteiger partial charge in [0.05, 0.1) is 39.3 Å². The maximum absolute atomic E-state index is 5.81. The van der Waals surface area contributed by atoms with Gasteiger partial charge in [-0.25, -0.2) is 9.97 Å². The highest BCUT2D eigenvalue weighted by Gasteiger charge is 2.27. The second kappa shape index (κ2) is 12.9. The van der Waals surface area contributed by atoms with E-state index in [0.717, 1.165) is 122 Å². The first-order valence-electron chi connectivity index (χ1n) is 19.8. The summed E-state index contributed by atoms with van der Waals surface area (Å²) in [6, 6.07) is 69.1. The van der Waals surface area contributed by atoms with Crippen LogP contribution in [0.1, 0.15) is 0 Å². The lowest BCUT2D eigenvalue weighted by Crippen LogP contribution is -1.87. The summed E-state index contributed by atoms with van der Waals surface area (Å²) in [5.41, 5.74) is 18.6.